The fourth-order valence-electron chi connectivity index (χ4n) is 2.10. The van der Waals surface area contributed by atoms with Crippen molar-refractivity contribution in [1.29, 1.82) is 0 Å². The second kappa shape index (κ2) is 3.98. The molecule has 1 aliphatic rings. The number of fused-ring (bicyclic) bond motifs is 1. The Kier molecular flexibility index (Phi) is 2.33. The molecule has 2 N–H and O–H groups in total. The van der Waals surface area contributed by atoms with E-state index in [-0.39, 0.29) is 0 Å². The number of nitrogens with one attached hydrogen (secondary N) is 2. The third kappa shape index (κ3) is 2.02. The molecule has 3 rings (SSSR count). The predicted molar refractivity (Wildman–Crippen MR) is 71.1 cm³/mol. The third-order valence-electron chi connectivity index (χ3n) is 2.94. The van der Waals surface area contributed by atoms with Gasteiger partial charge in [-0.3, -0.25) is 0 Å². The van der Waals surface area contributed by atoms with Crippen LogP contribution in [0.15, 0.2) is 66.8 Å². The molecule has 0 radical (unpaired) electrons. The highest BCUT2D eigenvalue weighted by Gasteiger charge is 2.06. The van der Waals surface area contributed by atoms with Crippen molar-refractivity contribution >= 4 is 10.8 Å². The second-order valence-corrected chi connectivity index (χ2v) is 4.28. The normalized spacial score (nSPS) is 14.4. The monoisotopic (exact) mass is 222 g/mol. The fraction of sp³-hybridized carbons (Fsp3) is 0.0667. The van der Waals surface area contributed by atoms with Gasteiger partial charge < -0.3 is 10.6 Å². The van der Waals surface area contributed by atoms with E-state index in [0.29, 0.717) is 0 Å². The van der Waals surface area contributed by atoms with Crippen LogP contribution in [-0.4, -0.2) is 0 Å². The molecule has 2 heteroatoms. The first-order chi connectivity index (χ1) is 8.31. The molecule has 0 saturated carbocycles. The molecule has 0 amide bonds. The Bertz CT molecular complexity index is 611. The standard InChI is InChI=1S/C15H14N2/c1-11-16-10-15(17-11)9-12-6-7-13-4-2-3-5-14(13)8-12/h2-8,10,16-17H,1,9H2. The lowest BCUT2D eigenvalue weighted by Crippen LogP contribution is -2.11. The molecule has 84 valence electrons. The number of rotatable bonds is 2. The molecule has 2 aromatic rings. The Morgan fingerprint density at radius 1 is 1.00 bits per heavy atom. The summed E-state index contributed by atoms with van der Waals surface area (Å²) in [5.74, 6) is 0.848. The van der Waals surface area contributed by atoms with Gasteiger partial charge in [-0.05, 0) is 16.3 Å². The molecule has 2 nitrogen and oxygen atoms in total. The molecular formula is C15H14N2. The third-order valence-corrected chi connectivity index (χ3v) is 2.94. The van der Waals surface area contributed by atoms with E-state index in [9.17, 15) is 0 Å². The van der Waals surface area contributed by atoms with Crippen LogP contribution in [0.2, 0.25) is 0 Å². The van der Waals surface area contributed by atoms with Crippen molar-refractivity contribution in [2.24, 2.45) is 0 Å². The van der Waals surface area contributed by atoms with Gasteiger partial charge in [0, 0.05) is 18.3 Å². The lowest BCUT2D eigenvalue weighted by Gasteiger charge is -2.05. The maximum absolute atomic E-state index is 3.82. The van der Waals surface area contributed by atoms with Crippen LogP contribution >= 0.6 is 0 Å². The summed E-state index contributed by atoms with van der Waals surface area (Å²) in [6.07, 6.45) is 2.87. The van der Waals surface area contributed by atoms with E-state index < -0.39 is 0 Å². The molecule has 0 aromatic heterocycles. The minimum absolute atomic E-state index is 0.848. The summed E-state index contributed by atoms with van der Waals surface area (Å²) in [5, 5.41) is 8.84. The molecule has 0 saturated heterocycles. The van der Waals surface area contributed by atoms with Gasteiger partial charge in [0.2, 0.25) is 0 Å². The Balaban J connectivity index is 1.88. The Morgan fingerprint density at radius 3 is 2.59 bits per heavy atom. The van der Waals surface area contributed by atoms with E-state index in [1.165, 1.54) is 16.3 Å². The summed E-state index contributed by atoms with van der Waals surface area (Å²) < 4.78 is 0. The second-order valence-electron chi connectivity index (χ2n) is 4.28. The van der Waals surface area contributed by atoms with E-state index >= 15 is 0 Å². The van der Waals surface area contributed by atoms with Gasteiger partial charge in [-0.15, -0.1) is 0 Å². The number of benzene rings is 2. The highest BCUT2D eigenvalue weighted by atomic mass is 15.1. The average molecular weight is 222 g/mol. The maximum Gasteiger partial charge on any atom is 0.0995 e. The maximum atomic E-state index is 3.82. The molecule has 0 fully saturated rings. The Labute approximate surface area is 101 Å². The Morgan fingerprint density at radius 2 is 1.82 bits per heavy atom. The van der Waals surface area contributed by atoms with Crippen LogP contribution < -0.4 is 10.6 Å². The first-order valence-electron chi connectivity index (χ1n) is 5.70. The van der Waals surface area contributed by atoms with Crippen LogP contribution in [0.5, 0.6) is 0 Å². The van der Waals surface area contributed by atoms with Gasteiger partial charge in [0.25, 0.3) is 0 Å². The van der Waals surface area contributed by atoms with Crippen LogP contribution in [0, 0.1) is 0 Å². The predicted octanol–water partition coefficient (Wildman–Crippen LogP) is 2.89. The molecule has 1 heterocycles. The van der Waals surface area contributed by atoms with Crippen molar-refractivity contribution in [2.75, 3.05) is 0 Å². The van der Waals surface area contributed by atoms with Gasteiger partial charge in [0.1, 0.15) is 0 Å². The van der Waals surface area contributed by atoms with Gasteiger partial charge in [-0.25, -0.2) is 0 Å². The summed E-state index contributed by atoms with van der Waals surface area (Å²) in [6.45, 7) is 3.82. The molecule has 1 aliphatic heterocycles. The molecule has 0 spiro atoms. The Hall–Kier alpha value is -2.22. The molecule has 0 atom stereocenters. The summed E-state index contributed by atoms with van der Waals surface area (Å²) >= 11 is 0. The van der Waals surface area contributed by atoms with Gasteiger partial charge in [0.05, 0.1) is 5.82 Å². The summed E-state index contributed by atoms with van der Waals surface area (Å²) in [7, 11) is 0. The minimum Gasteiger partial charge on any atom is -0.347 e. The zero-order valence-corrected chi connectivity index (χ0v) is 9.53. The number of allylic oxidation sites excluding steroid dienone is 1. The quantitative estimate of drug-likeness (QED) is 0.816. The molecule has 17 heavy (non-hydrogen) atoms. The summed E-state index contributed by atoms with van der Waals surface area (Å²) in [6, 6.07) is 15.0. The van der Waals surface area contributed by atoms with Crippen LogP contribution in [0.25, 0.3) is 10.8 Å². The van der Waals surface area contributed by atoms with Gasteiger partial charge >= 0.3 is 0 Å². The summed E-state index contributed by atoms with van der Waals surface area (Å²) in [4.78, 5) is 0. The molecule has 0 aliphatic carbocycles. The highest BCUT2D eigenvalue weighted by molar-refractivity contribution is 5.83. The SMILES string of the molecule is C=C1NC=C(Cc2ccc3ccccc3c2)N1. The van der Waals surface area contributed by atoms with Crippen molar-refractivity contribution in [3.63, 3.8) is 0 Å². The number of hydrogen-bond acceptors (Lipinski definition) is 2. The van der Waals surface area contributed by atoms with Crippen LogP contribution in [0.1, 0.15) is 5.56 Å². The zero-order chi connectivity index (χ0) is 11.7. The topological polar surface area (TPSA) is 24.1 Å². The average Bonchev–Trinajstić information content (AvgIpc) is 2.75. The van der Waals surface area contributed by atoms with Crippen molar-refractivity contribution in [1.82, 2.24) is 10.6 Å². The molecule has 0 unspecified atom stereocenters. The van der Waals surface area contributed by atoms with Crippen molar-refractivity contribution in [3.05, 3.63) is 72.3 Å². The molecule has 0 bridgehead atoms. The van der Waals surface area contributed by atoms with E-state index in [4.69, 9.17) is 0 Å². The van der Waals surface area contributed by atoms with Gasteiger partial charge in [-0.2, -0.15) is 0 Å². The molecular weight excluding hydrogens is 208 g/mol. The van der Waals surface area contributed by atoms with E-state index in [2.05, 4.69) is 59.7 Å². The van der Waals surface area contributed by atoms with Gasteiger partial charge in [-0.1, -0.05) is 49.0 Å². The highest BCUT2D eigenvalue weighted by Crippen LogP contribution is 2.18. The van der Waals surface area contributed by atoms with Crippen molar-refractivity contribution in [3.8, 4) is 0 Å². The first-order valence-corrected chi connectivity index (χ1v) is 5.70. The lowest BCUT2D eigenvalue weighted by atomic mass is 10.0. The van der Waals surface area contributed by atoms with Crippen LogP contribution in [0.4, 0.5) is 0 Å². The van der Waals surface area contributed by atoms with E-state index in [1.807, 2.05) is 6.20 Å². The summed E-state index contributed by atoms with van der Waals surface area (Å²) in [5.41, 5.74) is 2.46. The molecule has 2 aromatic carbocycles. The first kappa shape index (κ1) is 9.97. The zero-order valence-electron chi connectivity index (χ0n) is 9.53. The lowest BCUT2D eigenvalue weighted by molar-refractivity contribution is 0.928. The number of hydrogen-bond donors (Lipinski definition) is 2. The largest absolute Gasteiger partial charge is 0.347 e. The van der Waals surface area contributed by atoms with Gasteiger partial charge in [0.15, 0.2) is 0 Å². The smallest absolute Gasteiger partial charge is 0.0995 e. The van der Waals surface area contributed by atoms with E-state index in [1.54, 1.807) is 0 Å². The van der Waals surface area contributed by atoms with Crippen molar-refractivity contribution in [2.45, 2.75) is 6.42 Å². The van der Waals surface area contributed by atoms with Crippen molar-refractivity contribution < 1.29 is 0 Å². The van der Waals surface area contributed by atoms with E-state index in [0.717, 1.165) is 17.9 Å². The fourth-order valence-corrected chi connectivity index (χ4v) is 2.10. The minimum atomic E-state index is 0.848. The van der Waals surface area contributed by atoms with Crippen LogP contribution in [-0.2, 0) is 6.42 Å². The van der Waals surface area contributed by atoms with Crippen LogP contribution in [0.3, 0.4) is 0 Å².